The summed E-state index contributed by atoms with van der Waals surface area (Å²) in [6.07, 6.45) is -46.3. The van der Waals surface area contributed by atoms with E-state index in [2.05, 4.69) is 0 Å². The van der Waals surface area contributed by atoms with Crippen molar-refractivity contribution < 1.29 is 113 Å². The van der Waals surface area contributed by atoms with E-state index in [4.69, 9.17) is 9.47 Å². The minimum Gasteiger partial charge on any atom is -0.462 e. The van der Waals surface area contributed by atoms with Crippen LogP contribution in [0, 0.1) is 40.4 Å². The molecule has 3 N–H and O–H groups in total. The van der Waals surface area contributed by atoms with Gasteiger partial charge in [-0.3, -0.25) is 9.59 Å². The van der Waals surface area contributed by atoms with E-state index in [0.29, 0.717) is 6.42 Å². The number of halogens is 18. The summed E-state index contributed by atoms with van der Waals surface area (Å²) >= 11 is 0. The number of carbonyl (C=O) groups excluding carboxylic acids is 2. The third kappa shape index (κ3) is 9.80. The van der Waals surface area contributed by atoms with Gasteiger partial charge in [0, 0.05) is 17.8 Å². The molecule has 0 saturated heterocycles. The number of rotatable bonds is 9. The van der Waals surface area contributed by atoms with Crippen LogP contribution in [0.2, 0.25) is 0 Å². The molecule has 3 fully saturated rings. The zero-order valence-corrected chi connectivity index (χ0v) is 32.0. The van der Waals surface area contributed by atoms with Crippen LogP contribution in [0.1, 0.15) is 92.9 Å². The molecule has 3 aliphatic carbocycles. The van der Waals surface area contributed by atoms with Crippen molar-refractivity contribution >= 4 is 11.9 Å². The number of esters is 2. The maximum atomic E-state index is 13.3. The molecule has 59 heavy (non-hydrogen) atoms. The monoisotopic (exact) mass is 906 g/mol. The largest absolute Gasteiger partial charge is 0.462 e. The standard InChI is InChI=1S/C18H22F12O4.C16H22F6O3/c1-4-12(2,3)11(31)34-10-6-8(13(32,15(19,20)21)16(22,23)24)5-9(7-10)14(33,17(25,26)27)18(28,29)30;1-4-13(2,3)12(23)25-11-7-8-5-9(11)6-10(8)14(24,15(17,18)19)16(20,21)22/h8-10,32-33H,4-7H2,1-3H3;8-11,24H,4-7H2,1-3H3. The van der Waals surface area contributed by atoms with Gasteiger partial charge in [0.05, 0.1) is 10.8 Å². The highest BCUT2D eigenvalue weighted by Crippen LogP contribution is 2.61. The second kappa shape index (κ2) is 16.4. The molecule has 7 nitrogen and oxygen atoms in total. The first kappa shape index (κ1) is 52.7. The minimum absolute atomic E-state index is 0.0184. The van der Waals surface area contributed by atoms with Gasteiger partial charge < -0.3 is 24.8 Å². The number of ether oxygens (including phenoxy) is 2. The van der Waals surface area contributed by atoms with Gasteiger partial charge in [-0.2, -0.15) is 79.0 Å². The van der Waals surface area contributed by atoms with Gasteiger partial charge in [0.2, 0.25) is 0 Å². The van der Waals surface area contributed by atoms with E-state index < -0.39 is 144 Å². The summed E-state index contributed by atoms with van der Waals surface area (Å²) in [6, 6.07) is 0. The van der Waals surface area contributed by atoms with Crippen molar-refractivity contribution in [3.05, 3.63) is 0 Å². The van der Waals surface area contributed by atoms with E-state index in [-0.39, 0.29) is 19.3 Å². The Morgan fingerprint density at radius 2 is 0.780 bits per heavy atom. The number of carbonyl (C=O) groups is 2. The summed E-state index contributed by atoms with van der Waals surface area (Å²) in [4.78, 5) is 24.3. The van der Waals surface area contributed by atoms with Gasteiger partial charge in [-0.1, -0.05) is 13.8 Å². The SMILES string of the molecule is CCC(C)(C)C(=O)OC1CC(C(O)(C(F)(F)F)C(F)(F)F)CC(C(O)(C(F)(F)F)C(F)(F)F)C1.CCC(C)(C)C(=O)OC1CC2CC1CC2C(O)(C(F)(F)F)C(F)(F)F. The molecule has 6 atom stereocenters. The fraction of sp³-hybridized carbons (Fsp3) is 0.941. The summed E-state index contributed by atoms with van der Waals surface area (Å²) in [7, 11) is 0. The summed E-state index contributed by atoms with van der Waals surface area (Å²) in [5.74, 6) is -12.1. The fourth-order valence-corrected chi connectivity index (χ4v) is 7.65. The van der Waals surface area contributed by atoms with E-state index in [1.807, 2.05) is 0 Å². The molecular weight excluding hydrogens is 862 g/mol. The highest BCUT2D eigenvalue weighted by atomic mass is 19.4. The van der Waals surface area contributed by atoms with Crippen molar-refractivity contribution in [2.75, 3.05) is 0 Å². The van der Waals surface area contributed by atoms with Gasteiger partial charge in [-0.25, -0.2) is 0 Å². The van der Waals surface area contributed by atoms with Gasteiger partial charge >= 0.3 is 49.0 Å². The van der Waals surface area contributed by atoms with E-state index >= 15 is 0 Å². The molecule has 348 valence electrons. The van der Waals surface area contributed by atoms with Gasteiger partial charge in [-0.15, -0.1) is 0 Å². The van der Waals surface area contributed by atoms with Crippen molar-refractivity contribution in [1.82, 2.24) is 0 Å². The number of aliphatic hydroxyl groups is 3. The van der Waals surface area contributed by atoms with E-state index in [1.54, 1.807) is 20.8 Å². The van der Waals surface area contributed by atoms with Crippen molar-refractivity contribution in [2.24, 2.45) is 40.4 Å². The van der Waals surface area contributed by atoms with E-state index in [9.17, 15) is 104 Å². The Morgan fingerprint density at radius 3 is 1.05 bits per heavy atom. The molecule has 2 bridgehead atoms. The van der Waals surface area contributed by atoms with Crippen LogP contribution in [0.5, 0.6) is 0 Å². The smallest absolute Gasteiger partial charge is 0.426 e. The van der Waals surface area contributed by atoms with Crippen LogP contribution < -0.4 is 0 Å². The predicted octanol–water partition coefficient (Wildman–Crippen LogP) is 9.70. The Bertz CT molecular complexity index is 1390. The van der Waals surface area contributed by atoms with Gasteiger partial charge in [-0.05, 0) is 90.9 Å². The first-order chi connectivity index (χ1) is 25.9. The lowest BCUT2D eigenvalue weighted by atomic mass is 9.65. The van der Waals surface area contributed by atoms with Crippen LogP contribution in [0.25, 0.3) is 0 Å². The highest BCUT2D eigenvalue weighted by molar-refractivity contribution is 5.76. The van der Waals surface area contributed by atoms with Crippen molar-refractivity contribution in [3.8, 4) is 0 Å². The molecule has 0 heterocycles. The molecule has 3 saturated carbocycles. The Kier molecular flexibility index (Phi) is 14.6. The van der Waals surface area contributed by atoms with Crippen LogP contribution in [-0.4, -0.2) is 93.3 Å². The maximum absolute atomic E-state index is 13.3. The minimum atomic E-state index is -6.58. The van der Waals surface area contributed by atoms with Crippen LogP contribution in [0.3, 0.4) is 0 Å². The van der Waals surface area contributed by atoms with Crippen LogP contribution in [0.4, 0.5) is 79.0 Å². The number of hydrogen-bond acceptors (Lipinski definition) is 7. The third-order valence-electron chi connectivity index (χ3n) is 12.2. The average molecular weight is 907 g/mol. The summed E-state index contributed by atoms with van der Waals surface area (Å²) in [5, 5.41) is 28.8. The van der Waals surface area contributed by atoms with Crippen LogP contribution >= 0.6 is 0 Å². The molecule has 0 aliphatic heterocycles. The first-order valence-electron chi connectivity index (χ1n) is 17.9. The fourth-order valence-electron chi connectivity index (χ4n) is 7.65. The molecule has 0 aromatic carbocycles. The molecule has 0 aromatic rings. The molecule has 3 aliphatic rings. The van der Waals surface area contributed by atoms with Gasteiger partial charge in [0.1, 0.15) is 12.2 Å². The molecule has 0 spiro atoms. The lowest BCUT2D eigenvalue weighted by Crippen LogP contribution is -2.67. The Hall–Kier alpha value is -2.44. The second-order valence-electron chi connectivity index (χ2n) is 16.7. The quantitative estimate of drug-likeness (QED) is 0.156. The molecule has 0 aromatic heterocycles. The molecule has 0 radical (unpaired) electrons. The normalized spacial score (nSPS) is 26.9. The predicted molar refractivity (Wildman–Crippen MR) is 164 cm³/mol. The second-order valence-corrected chi connectivity index (χ2v) is 16.7. The zero-order valence-electron chi connectivity index (χ0n) is 32.0. The summed E-state index contributed by atoms with van der Waals surface area (Å²) < 4.78 is 248. The number of hydrogen-bond donors (Lipinski definition) is 3. The highest BCUT2D eigenvalue weighted by Gasteiger charge is 2.79. The van der Waals surface area contributed by atoms with E-state index in [0.717, 1.165) is 0 Å². The van der Waals surface area contributed by atoms with Crippen LogP contribution in [0.15, 0.2) is 0 Å². The van der Waals surface area contributed by atoms with Gasteiger partial charge in [0.25, 0.3) is 16.8 Å². The molecular formula is C34H44F18O7. The van der Waals surface area contributed by atoms with E-state index in [1.165, 1.54) is 20.8 Å². The number of fused-ring (bicyclic) bond motifs is 2. The zero-order chi connectivity index (χ0) is 46.8. The van der Waals surface area contributed by atoms with Crippen molar-refractivity contribution in [3.63, 3.8) is 0 Å². The lowest BCUT2D eigenvalue weighted by Gasteiger charge is -2.48. The molecule has 3 rings (SSSR count). The third-order valence-corrected chi connectivity index (χ3v) is 12.2. The van der Waals surface area contributed by atoms with Crippen molar-refractivity contribution in [2.45, 2.75) is 159 Å². The molecule has 6 unspecified atom stereocenters. The van der Waals surface area contributed by atoms with Gasteiger partial charge in [0.15, 0.2) is 0 Å². The summed E-state index contributed by atoms with van der Waals surface area (Å²) in [6.45, 7) is 8.93. The molecule has 0 amide bonds. The number of alkyl halides is 18. The first-order valence-corrected chi connectivity index (χ1v) is 17.9. The Morgan fingerprint density at radius 1 is 0.458 bits per heavy atom. The summed E-state index contributed by atoms with van der Waals surface area (Å²) in [5.41, 5.74) is -18.4. The van der Waals surface area contributed by atoms with Crippen molar-refractivity contribution in [1.29, 1.82) is 0 Å². The maximum Gasteiger partial charge on any atom is 0.426 e. The lowest BCUT2D eigenvalue weighted by molar-refractivity contribution is -0.405. The topological polar surface area (TPSA) is 113 Å². The average Bonchev–Trinajstić information content (AvgIpc) is 3.65. The van der Waals surface area contributed by atoms with Crippen LogP contribution in [-0.2, 0) is 19.1 Å². The Labute approximate surface area is 325 Å². The Balaban J connectivity index is 0.000000425. The molecule has 25 heteroatoms.